The predicted octanol–water partition coefficient (Wildman–Crippen LogP) is 4.52. The molecule has 1 unspecified atom stereocenters. The Hall–Kier alpha value is -2.55. The number of amides is 1. The maximum absolute atomic E-state index is 11.1. The molecule has 3 heteroatoms. The average Bonchev–Trinajstić information content (AvgIpc) is 2.56. The molecule has 2 rings (SSSR count). The fourth-order valence-corrected chi connectivity index (χ4v) is 1.61. The molecule has 0 spiro atoms. The van der Waals surface area contributed by atoms with E-state index in [1.165, 1.54) is 0 Å². The molecule has 0 heterocycles. The first kappa shape index (κ1) is 17.5. The van der Waals surface area contributed by atoms with Crippen molar-refractivity contribution < 1.29 is 9.53 Å². The van der Waals surface area contributed by atoms with Crippen molar-refractivity contribution in [1.29, 1.82) is 0 Å². The second-order valence-corrected chi connectivity index (χ2v) is 4.58. The van der Waals surface area contributed by atoms with Crippen LogP contribution in [0.5, 0.6) is 0 Å². The van der Waals surface area contributed by atoms with Gasteiger partial charge in [-0.05, 0) is 19.4 Å². The zero-order chi connectivity index (χ0) is 16.0. The number of carbonyl (C=O) groups excluding carboxylic acids is 1. The first-order valence-corrected chi connectivity index (χ1v) is 7.39. The smallest absolute Gasteiger partial charge is 0.407 e. The van der Waals surface area contributed by atoms with Gasteiger partial charge in [0.2, 0.25) is 0 Å². The molecule has 1 atom stereocenters. The van der Waals surface area contributed by atoms with Crippen LogP contribution in [-0.4, -0.2) is 18.7 Å². The molecule has 0 saturated carbocycles. The number of benzene rings is 2. The third kappa shape index (κ3) is 8.59. The van der Waals surface area contributed by atoms with Crippen LogP contribution < -0.4 is 5.32 Å². The highest BCUT2D eigenvalue weighted by atomic mass is 16.5. The highest BCUT2D eigenvalue weighted by Crippen LogP contribution is 2.01. The Balaban J connectivity index is 0.000000335. The van der Waals surface area contributed by atoms with E-state index in [0.29, 0.717) is 6.61 Å². The molecule has 0 radical (unpaired) electrons. The Morgan fingerprint density at radius 2 is 1.55 bits per heavy atom. The third-order valence-corrected chi connectivity index (χ3v) is 2.66. The van der Waals surface area contributed by atoms with Gasteiger partial charge in [0.15, 0.2) is 0 Å². The largest absolute Gasteiger partial charge is 0.450 e. The molecule has 0 aliphatic heterocycles. The van der Waals surface area contributed by atoms with Crippen LogP contribution in [0.2, 0.25) is 0 Å². The second kappa shape index (κ2) is 11.1. The van der Waals surface area contributed by atoms with Gasteiger partial charge < -0.3 is 10.1 Å². The van der Waals surface area contributed by atoms with Crippen molar-refractivity contribution in [2.75, 3.05) is 6.61 Å². The molecule has 0 fully saturated rings. The van der Waals surface area contributed by atoms with Gasteiger partial charge in [-0.25, -0.2) is 4.79 Å². The zero-order valence-corrected chi connectivity index (χ0v) is 13.1. The summed E-state index contributed by atoms with van der Waals surface area (Å²) in [5.41, 5.74) is 1.11. The van der Waals surface area contributed by atoms with E-state index in [0.717, 1.165) is 5.56 Å². The minimum absolute atomic E-state index is 0.0424. The lowest BCUT2D eigenvalue weighted by Crippen LogP contribution is -2.31. The molecule has 2 aromatic carbocycles. The maximum atomic E-state index is 11.1. The molecule has 22 heavy (non-hydrogen) atoms. The SMILES string of the molecule is CCOC(=O)NC(C)C=Cc1ccccc1.c1ccccc1. The van der Waals surface area contributed by atoms with Crippen LogP contribution in [0.1, 0.15) is 19.4 Å². The quantitative estimate of drug-likeness (QED) is 0.901. The van der Waals surface area contributed by atoms with Crippen LogP contribution in [0.3, 0.4) is 0 Å². The van der Waals surface area contributed by atoms with Gasteiger partial charge >= 0.3 is 6.09 Å². The molecule has 116 valence electrons. The van der Waals surface area contributed by atoms with Crippen molar-refractivity contribution in [1.82, 2.24) is 5.32 Å². The van der Waals surface area contributed by atoms with Gasteiger partial charge in [0, 0.05) is 6.04 Å². The van der Waals surface area contributed by atoms with E-state index in [2.05, 4.69) is 5.32 Å². The average molecular weight is 297 g/mol. The number of ether oxygens (including phenoxy) is 1. The van der Waals surface area contributed by atoms with E-state index in [9.17, 15) is 4.79 Å². The summed E-state index contributed by atoms with van der Waals surface area (Å²) in [7, 11) is 0. The normalized spacial score (nSPS) is 11.2. The Morgan fingerprint density at radius 1 is 1.05 bits per heavy atom. The lowest BCUT2D eigenvalue weighted by molar-refractivity contribution is 0.150. The van der Waals surface area contributed by atoms with Crippen LogP contribution in [0, 0.1) is 0 Å². The Morgan fingerprint density at radius 3 is 2.05 bits per heavy atom. The number of alkyl carbamates (subject to hydrolysis) is 1. The molecular formula is C19H23NO2. The van der Waals surface area contributed by atoms with Crippen molar-refractivity contribution in [2.45, 2.75) is 19.9 Å². The third-order valence-electron chi connectivity index (χ3n) is 2.66. The monoisotopic (exact) mass is 297 g/mol. The highest BCUT2D eigenvalue weighted by molar-refractivity contribution is 5.68. The zero-order valence-electron chi connectivity index (χ0n) is 13.1. The lowest BCUT2D eigenvalue weighted by atomic mass is 10.2. The summed E-state index contributed by atoms with van der Waals surface area (Å²) in [6.07, 6.45) is 3.51. The fourth-order valence-electron chi connectivity index (χ4n) is 1.61. The molecule has 0 aromatic heterocycles. The van der Waals surface area contributed by atoms with Gasteiger partial charge in [-0.15, -0.1) is 0 Å². The summed E-state index contributed by atoms with van der Waals surface area (Å²) in [6.45, 7) is 4.07. The Kier molecular flexibility index (Phi) is 8.87. The summed E-state index contributed by atoms with van der Waals surface area (Å²) in [4.78, 5) is 11.1. The van der Waals surface area contributed by atoms with Crippen LogP contribution in [0.15, 0.2) is 72.8 Å². The summed E-state index contributed by atoms with van der Waals surface area (Å²) in [5, 5.41) is 2.70. The van der Waals surface area contributed by atoms with Crippen LogP contribution >= 0.6 is 0 Å². The molecule has 2 aromatic rings. The molecule has 0 aliphatic carbocycles. The van der Waals surface area contributed by atoms with Crippen molar-refractivity contribution in [2.24, 2.45) is 0 Å². The molecule has 0 aliphatic rings. The second-order valence-electron chi connectivity index (χ2n) is 4.58. The number of hydrogen-bond donors (Lipinski definition) is 1. The summed E-state index contributed by atoms with van der Waals surface area (Å²) < 4.78 is 4.78. The number of nitrogens with one attached hydrogen (secondary N) is 1. The van der Waals surface area contributed by atoms with Gasteiger partial charge in [0.05, 0.1) is 6.61 Å². The van der Waals surface area contributed by atoms with Gasteiger partial charge in [-0.2, -0.15) is 0 Å². The molecule has 3 nitrogen and oxygen atoms in total. The van der Waals surface area contributed by atoms with E-state index in [1.807, 2.05) is 85.8 Å². The van der Waals surface area contributed by atoms with Crippen LogP contribution in [0.4, 0.5) is 4.79 Å². The van der Waals surface area contributed by atoms with Crippen LogP contribution in [-0.2, 0) is 4.74 Å². The van der Waals surface area contributed by atoms with Crippen molar-refractivity contribution in [3.05, 3.63) is 78.4 Å². The van der Waals surface area contributed by atoms with Crippen molar-refractivity contribution in [3.63, 3.8) is 0 Å². The number of carbonyl (C=O) groups is 1. The van der Waals surface area contributed by atoms with Gasteiger partial charge in [-0.3, -0.25) is 0 Å². The van der Waals surface area contributed by atoms with Crippen molar-refractivity contribution >= 4 is 12.2 Å². The van der Waals surface area contributed by atoms with Gasteiger partial charge in [0.1, 0.15) is 0 Å². The summed E-state index contributed by atoms with van der Waals surface area (Å²) in [5.74, 6) is 0. The fraction of sp³-hybridized carbons (Fsp3) is 0.211. The van der Waals surface area contributed by atoms with E-state index >= 15 is 0 Å². The Bertz CT molecular complexity index is 511. The van der Waals surface area contributed by atoms with Crippen LogP contribution in [0.25, 0.3) is 6.08 Å². The molecule has 1 N–H and O–H groups in total. The van der Waals surface area contributed by atoms with Gasteiger partial charge in [-0.1, -0.05) is 78.9 Å². The lowest BCUT2D eigenvalue weighted by Gasteiger charge is -2.08. The van der Waals surface area contributed by atoms with E-state index in [1.54, 1.807) is 6.92 Å². The summed E-state index contributed by atoms with van der Waals surface area (Å²) in [6, 6.07) is 21.9. The minimum Gasteiger partial charge on any atom is -0.450 e. The predicted molar refractivity (Wildman–Crippen MR) is 91.5 cm³/mol. The Labute approximate surface area is 132 Å². The first-order valence-electron chi connectivity index (χ1n) is 7.39. The number of hydrogen-bond acceptors (Lipinski definition) is 2. The molecule has 0 saturated heterocycles. The number of rotatable bonds is 4. The maximum Gasteiger partial charge on any atom is 0.407 e. The topological polar surface area (TPSA) is 38.3 Å². The minimum atomic E-state index is -0.382. The van der Waals surface area contributed by atoms with E-state index < -0.39 is 0 Å². The molecule has 0 bridgehead atoms. The molecule has 1 amide bonds. The standard InChI is InChI=1S/C13H17NO2.C6H6/c1-3-16-13(15)14-11(2)9-10-12-7-5-4-6-8-12;1-2-4-6-5-3-1/h4-11H,3H2,1-2H3,(H,14,15);1-6H. The first-order chi connectivity index (χ1) is 10.7. The highest BCUT2D eigenvalue weighted by Gasteiger charge is 2.03. The van der Waals surface area contributed by atoms with E-state index in [4.69, 9.17) is 4.74 Å². The van der Waals surface area contributed by atoms with Gasteiger partial charge in [0.25, 0.3) is 0 Å². The summed E-state index contributed by atoms with van der Waals surface area (Å²) >= 11 is 0. The van der Waals surface area contributed by atoms with Crippen molar-refractivity contribution in [3.8, 4) is 0 Å². The molecular weight excluding hydrogens is 274 g/mol. The van der Waals surface area contributed by atoms with E-state index in [-0.39, 0.29) is 12.1 Å².